The molecule has 1 heterocycles. The lowest BCUT2D eigenvalue weighted by molar-refractivity contribution is 0.0695. The van der Waals surface area contributed by atoms with Crippen LogP contribution in [-0.4, -0.2) is 11.1 Å². The van der Waals surface area contributed by atoms with E-state index in [2.05, 4.69) is 0 Å². The summed E-state index contributed by atoms with van der Waals surface area (Å²) in [5.74, 6) is -0.135. The molecule has 2 aromatic rings. The van der Waals surface area contributed by atoms with E-state index in [4.69, 9.17) is 25.9 Å². The number of carbonyl (C=O) groups is 1. The molecule has 19 heavy (non-hydrogen) atoms. The minimum Gasteiger partial charge on any atom is -0.478 e. The van der Waals surface area contributed by atoms with Gasteiger partial charge in [-0.1, -0.05) is 29.8 Å². The van der Waals surface area contributed by atoms with Crippen LogP contribution in [-0.2, 0) is 18.0 Å². The monoisotopic (exact) mass is 280 g/mol. The van der Waals surface area contributed by atoms with Crippen molar-refractivity contribution >= 4 is 17.6 Å². The normalized spacial score (nSPS) is 10.6. The second-order valence-corrected chi connectivity index (χ2v) is 4.48. The Bertz CT molecular complexity index is 589. The Morgan fingerprint density at radius 2 is 2.11 bits per heavy atom. The highest BCUT2D eigenvalue weighted by Crippen LogP contribution is 2.18. The highest BCUT2D eigenvalue weighted by atomic mass is 35.5. The van der Waals surface area contributed by atoms with Crippen LogP contribution in [0.3, 0.4) is 0 Å². The summed E-state index contributed by atoms with van der Waals surface area (Å²) in [6.45, 7) is 2.17. The maximum atomic E-state index is 10.9. The van der Waals surface area contributed by atoms with E-state index in [1.807, 2.05) is 18.2 Å². The third-order valence-corrected chi connectivity index (χ3v) is 3.03. The largest absolute Gasteiger partial charge is 0.478 e. The topological polar surface area (TPSA) is 59.7 Å². The maximum Gasteiger partial charge on any atom is 0.339 e. The number of benzene rings is 1. The number of hydrogen-bond donors (Lipinski definition) is 1. The van der Waals surface area contributed by atoms with Gasteiger partial charge >= 0.3 is 5.97 Å². The highest BCUT2D eigenvalue weighted by molar-refractivity contribution is 6.31. The number of halogens is 1. The van der Waals surface area contributed by atoms with Gasteiger partial charge in [-0.15, -0.1) is 0 Å². The van der Waals surface area contributed by atoms with Crippen molar-refractivity contribution in [3.8, 4) is 0 Å². The first-order valence-corrected chi connectivity index (χ1v) is 6.09. The van der Waals surface area contributed by atoms with Crippen LogP contribution in [0.25, 0.3) is 0 Å². The smallest absolute Gasteiger partial charge is 0.339 e. The first-order chi connectivity index (χ1) is 9.08. The van der Waals surface area contributed by atoms with Crippen molar-refractivity contribution in [2.24, 2.45) is 0 Å². The molecule has 0 unspecified atom stereocenters. The van der Waals surface area contributed by atoms with Crippen molar-refractivity contribution in [1.29, 1.82) is 0 Å². The first-order valence-electron chi connectivity index (χ1n) is 5.71. The Morgan fingerprint density at radius 3 is 2.74 bits per heavy atom. The van der Waals surface area contributed by atoms with Crippen LogP contribution in [0.2, 0.25) is 5.02 Å². The van der Waals surface area contributed by atoms with Crippen LogP contribution in [0.15, 0.2) is 34.7 Å². The van der Waals surface area contributed by atoms with E-state index in [1.165, 1.54) is 6.07 Å². The van der Waals surface area contributed by atoms with E-state index >= 15 is 0 Å². The van der Waals surface area contributed by atoms with Crippen molar-refractivity contribution in [1.82, 2.24) is 0 Å². The number of hydrogen-bond acceptors (Lipinski definition) is 3. The predicted molar refractivity (Wildman–Crippen MR) is 70.3 cm³/mol. The third kappa shape index (κ3) is 3.36. The fraction of sp³-hybridized carbons (Fsp3) is 0.214. The molecule has 0 saturated heterocycles. The van der Waals surface area contributed by atoms with E-state index in [9.17, 15) is 4.79 Å². The lowest BCUT2D eigenvalue weighted by atomic mass is 10.2. The van der Waals surface area contributed by atoms with Gasteiger partial charge in [-0.05, 0) is 24.6 Å². The number of aryl methyl sites for hydroxylation is 1. The molecule has 1 aromatic heterocycles. The molecule has 4 nitrogen and oxygen atoms in total. The van der Waals surface area contributed by atoms with Gasteiger partial charge in [0.15, 0.2) is 0 Å². The maximum absolute atomic E-state index is 10.9. The molecule has 0 bridgehead atoms. The Morgan fingerprint density at radius 1 is 1.37 bits per heavy atom. The second-order valence-electron chi connectivity index (χ2n) is 4.07. The molecule has 0 amide bonds. The van der Waals surface area contributed by atoms with Gasteiger partial charge in [0.25, 0.3) is 0 Å². The molecule has 5 heteroatoms. The summed E-state index contributed by atoms with van der Waals surface area (Å²) in [5.41, 5.74) is 1.04. The summed E-state index contributed by atoms with van der Waals surface area (Å²) < 4.78 is 10.8. The van der Waals surface area contributed by atoms with Crippen molar-refractivity contribution < 1.29 is 19.1 Å². The zero-order valence-electron chi connectivity index (χ0n) is 10.4. The predicted octanol–water partition coefficient (Wildman–Crippen LogP) is 3.66. The van der Waals surface area contributed by atoms with E-state index in [-0.39, 0.29) is 12.2 Å². The number of aromatic carboxylic acids is 1. The Balaban J connectivity index is 1.95. The van der Waals surface area contributed by atoms with Gasteiger partial charge in [0.2, 0.25) is 0 Å². The van der Waals surface area contributed by atoms with Crippen molar-refractivity contribution in [3.05, 3.63) is 58.0 Å². The highest BCUT2D eigenvalue weighted by Gasteiger charge is 2.13. The summed E-state index contributed by atoms with van der Waals surface area (Å²) in [4.78, 5) is 10.9. The Labute approximate surface area is 115 Å². The van der Waals surface area contributed by atoms with Gasteiger partial charge in [-0.2, -0.15) is 0 Å². The molecule has 0 radical (unpaired) electrons. The number of ether oxygens (including phenoxy) is 1. The van der Waals surface area contributed by atoms with Crippen LogP contribution >= 0.6 is 11.6 Å². The molecule has 2 rings (SSSR count). The number of carboxylic acid groups (broad SMARTS) is 1. The average Bonchev–Trinajstić information content (AvgIpc) is 2.73. The number of carboxylic acids is 1. The van der Waals surface area contributed by atoms with Crippen LogP contribution in [0, 0.1) is 6.92 Å². The zero-order valence-corrected chi connectivity index (χ0v) is 11.1. The van der Waals surface area contributed by atoms with Gasteiger partial charge in [0.1, 0.15) is 23.7 Å². The quantitative estimate of drug-likeness (QED) is 0.908. The standard InChI is InChI=1S/C14H13ClO4/c1-9-12(14(16)17)6-11(19-9)8-18-7-10-4-2-3-5-13(10)15/h2-6H,7-8H2,1H3,(H,16,17). The van der Waals surface area contributed by atoms with Crippen LogP contribution in [0.5, 0.6) is 0 Å². The summed E-state index contributed by atoms with van der Waals surface area (Å²) in [5, 5.41) is 9.54. The summed E-state index contributed by atoms with van der Waals surface area (Å²) in [6.07, 6.45) is 0. The molecule has 0 atom stereocenters. The van der Waals surface area contributed by atoms with Gasteiger partial charge < -0.3 is 14.3 Å². The lowest BCUT2D eigenvalue weighted by Crippen LogP contribution is -1.95. The molecule has 0 aliphatic heterocycles. The van der Waals surface area contributed by atoms with Crippen molar-refractivity contribution in [3.63, 3.8) is 0 Å². The van der Waals surface area contributed by atoms with Crippen LogP contribution < -0.4 is 0 Å². The van der Waals surface area contributed by atoms with Gasteiger partial charge in [-0.3, -0.25) is 0 Å². The molecule has 0 aliphatic rings. The minimum atomic E-state index is -1.00. The molecule has 0 aliphatic carbocycles. The molecule has 0 fully saturated rings. The summed E-state index contributed by atoms with van der Waals surface area (Å²) in [7, 11) is 0. The van der Waals surface area contributed by atoms with Crippen LogP contribution in [0.1, 0.15) is 27.4 Å². The minimum absolute atomic E-state index is 0.163. The molecular weight excluding hydrogens is 268 g/mol. The SMILES string of the molecule is Cc1oc(COCc2ccccc2Cl)cc1C(=O)O. The Kier molecular flexibility index (Phi) is 4.24. The lowest BCUT2D eigenvalue weighted by Gasteiger charge is -2.04. The fourth-order valence-electron chi connectivity index (χ4n) is 1.70. The van der Waals surface area contributed by atoms with Crippen molar-refractivity contribution in [2.75, 3.05) is 0 Å². The molecule has 0 saturated carbocycles. The Hall–Kier alpha value is -1.78. The van der Waals surface area contributed by atoms with E-state index in [0.29, 0.717) is 23.2 Å². The molecule has 1 N–H and O–H groups in total. The molecule has 0 spiro atoms. The molecule has 1 aromatic carbocycles. The molecule has 100 valence electrons. The van der Waals surface area contributed by atoms with Crippen LogP contribution in [0.4, 0.5) is 0 Å². The van der Waals surface area contributed by atoms with Crippen molar-refractivity contribution in [2.45, 2.75) is 20.1 Å². The van der Waals surface area contributed by atoms with Gasteiger partial charge in [0, 0.05) is 5.02 Å². The second kappa shape index (κ2) is 5.91. The molecular formula is C14H13ClO4. The van der Waals surface area contributed by atoms with E-state index < -0.39 is 5.97 Å². The number of furan rings is 1. The fourth-order valence-corrected chi connectivity index (χ4v) is 1.89. The zero-order chi connectivity index (χ0) is 13.8. The summed E-state index contributed by atoms with van der Waals surface area (Å²) in [6, 6.07) is 8.87. The first kappa shape index (κ1) is 13.6. The van der Waals surface area contributed by atoms with E-state index in [0.717, 1.165) is 5.56 Å². The summed E-state index contributed by atoms with van der Waals surface area (Å²) >= 11 is 6.00. The van der Waals surface area contributed by atoms with Gasteiger partial charge in [-0.25, -0.2) is 4.79 Å². The van der Waals surface area contributed by atoms with E-state index in [1.54, 1.807) is 13.0 Å². The number of rotatable bonds is 5. The third-order valence-electron chi connectivity index (χ3n) is 2.66. The average molecular weight is 281 g/mol. The van der Waals surface area contributed by atoms with Gasteiger partial charge in [0.05, 0.1) is 6.61 Å².